The molecule has 0 unspecified atom stereocenters. The molecule has 3 aliphatic heterocycles. The number of cyclic esters (lactones) is 1. The van der Waals surface area contributed by atoms with Gasteiger partial charge in [-0.05, 0) is 52.6 Å². The van der Waals surface area contributed by atoms with Gasteiger partial charge in [-0.2, -0.15) is 0 Å². The number of carbonyl (C=O) groups is 3. The summed E-state index contributed by atoms with van der Waals surface area (Å²) in [4.78, 5) is 43.5. The fraction of sp³-hybridized carbons (Fsp3) is 0.182. The van der Waals surface area contributed by atoms with Crippen LogP contribution in [0.25, 0.3) is 0 Å². The number of benzene rings is 4. The van der Waals surface area contributed by atoms with Gasteiger partial charge in [-0.25, -0.2) is 4.39 Å². The van der Waals surface area contributed by atoms with E-state index in [0.717, 1.165) is 5.56 Å². The van der Waals surface area contributed by atoms with Crippen molar-refractivity contribution in [2.24, 2.45) is 5.92 Å². The highest BCUT2D eigenvalue weighted by Crippen LogP contribution is 2.64. The van der Waals surface area contributed by atoms with Gasteiger partial charge < -0.3 is 15.2 Å². The Hall–Kier alpha value is -4.53. The number of fused-ring (bicyclic) bond motifs is 3. The van der Waals surface area contributed by atoms with E-state index in [-0.39, 0.29) is 0 Å². The monoisotopic (exact) mass is 582 g/mol. The van der Waals surface area contributed by atoms with E-state index in [9.17, 15) is 23.9 Å². The van der Waals surface area contributed by atoms with Crippen molar-refractivity contribution in [2.45, 2.75) is 29.6 Å². The van der Waals surface area contributed by atoms with Gasteiger partial charge in [0.15, 0.2) is 0 Å². The topological polar surface area (TPSA) is 95.9 Å². The molecular weight excluding hydrogens is 559 g/mol. The van der Waals surface area contributed by atoms with Crippen LogP contribution in [0.3, 0.4) is 0 Å². The zero-order chi connectivity index (χ0) is 29.2. The second-order valence-corrected chi connectivity index (χ2v) is 11.2. The molecule has 9 heteroatoms. The Bertz CT molecular complexity index is 1720. The molecule has 0 aliphatic carbocycles. The van der Waals surface area contributed by atoms with Gasteiger partial charge in [0, 0.05) is 10.7 Å². The lowest BCUT2D eigenvalue weighted by molar-refractivity contribution is -0.179. The van der Waals surface area contributed by atoms with E-state index in [0.29, 0.717) is 27.4 Å². The summed E-state index contributed by atoms with van der Waals surface area (Å²) in [7, 11) is 0. The molecule has 2 fully saturated rings. The first-order valence-electron chi connectivity index (χ1n) is 13.5. The van der Waals surface area contributed by atoms with Crippen molar-refractivity contribution in [3.05, 3.63) is 136 Å². The lowest BCUT2D eigenvalue weighted by Crippen LogP contribution is -2.52. The number of nitrogens with one attached hydrogen (secondary N) is 1. The maximum atomic E-state index is 14.3. The van der Waals surface area contributed by atoms with E-state index < -0.39 is 59.2 Å². The Labute approximate surface area is 245 Å². The van der Waals surface area contributed by atoms with Crippen LogP contribution >= 0.6 is 11.6 Å². The third-order valence-corrected chi connectivity index (χ3v) is 8.96. The summed E-state index contributed by atoms with van der Waals surface area (Å²) < 4.78 is 20.4. The van der Waals surface area contributed by atoms with Gasteiger partial charge in [-0.1, -0.05) is 84.4 Å². The quantitative estimate of drug-likeness (QED) is 0.294. The molecule has 42 heavy (non-hydrogen) atoms. The van der Waals surface area contributed by atoms with Gasteiger partial charge in [0.25, 0.3) is 0 Å². The normalized spacial score (nSPS) is 28.2. The highest BCUT2D eigenvalue weighted by Gasteiger charge is 2.74. The maximum absolute atomic E-state index is 14.3. The third kappa shape index (κ3) is 3.72. The summed E-state index contributed by atoms with van der Waals surface area (Å²) in [6.07, 6.45) is -0.826. The SMILES string of the molecule is O=C1O[C@H](c2ccccc2)[C@H](c2ccccc2)N2[C@H]1[C@@H](C(=O)O)[C@]1(C(=O)Nc3ccc(Cl)cc31)[C@H]2c1ccc(F)cc1. The Kier molecular flexibility index (Phi) is 6.15. The van der Waals surface area contributed by atoms with Crippen molar-refractivity contribution in [1.82, 2.24) is 4.90 Å². The molecule has 0 aromatic heterocycles. The highest BCUT2D eigenvalue weighted by molar-refractivity contribution is 6.31. The van der Waals surface area contributed by atoms with Crippen molar-refractivity contribution in [3.8, 4) is 0 Å². The Balaban J connectivity index is 1.57. The van der Waals surface area contributed by atoms with Gasteiger partial charge >= 0.3 is 11.9 Å². The molecule has 2 N–H and O–H groups in total. The van der Waals surface area contributed by atoms with E-state index >= 15 is 0 Å². The van der Waals surface area contributed by atoms with Crippen LogP contribution in [0.2, 0.25) is 5.02 Å². The van der Waals surface area contributed by atoms with E-state index in [2.05, 4.69) is 5.32 Å². The largest absolute Gasteiger partial charge is 0.481 e. The van der Waals surface area contributed by atoms with Crippen molar-refractivity contribution >= 4 is 35.1 Å². The molecule has 0 radical (unpaired) electrons. The number of esters is 1. The van der Waals surface area contributed by atoms with E-state index in [1.165, 1.54) is 12.1 Å². The number of ether oxygens (including phenoxy) is 1. The summed E-state index contributed by atoms with van der Waals surface area (Å²) in [6.45, 7) is 0. The minimum Gasteiger partial charge on any atom is -0.481 e. The number of carboxylic acid groups (broad SMARTS) is 1. The van der Waals surface area contributed by atoms with E-state index in [4.69, 9.17) is 16.3 Å². The summed E-state index contributed by atoms with van der Waals surface area (Å²) in [5, 5.41) is 14.0. The number of carboxylic acids is 1. The predicted octanol–water partition coefficient (Wildman–Crippen LogP) is 5.83. The molecule has 0 bridgehead atoms. The minimum atomic E-state index is -1.80. The van der Waals surface area contributed by atoms with Crippen LogP contribution in [0, 0.1) is 11.7 Å². The average Bonchev–Trinajstić information content (AvgIpc) is 3.47. The van der Waals surface area contributed by atoms with Crippen LogP contribution in [-0.2, 0) is 24.5 Å². The Morgan fingerprint density at radius 1 is 0.857 bits per heavy atom. The molecule has 0 saturated carbocycles. The molecule has 3 heterocycles. The minimum absolute atomic E-state index is 0.306. The molecule has 6 atom stereocenters. The van der Waals surface area contributed by atoms with Gasteiger partial charge in [0.05, 0.1) is 12.1 Å². The Morgan fingerprint density at radius 3 is 2.14 bits per heavy atom. The zero-order valence-corrected chi connectivity index (χ0v) is 22.7. The fourth-order valence-electron chi connectivity index (χ4n) is 7.19. The Morgan fingerprint density at radius 2 is 1.50 bits per heavy atom. The van der Waals surface area contributed by atoms with Gasteiger partial charge in [0.1, 0.15) is 29.3 Å². The second kappa shape index (κ2) is 9.79. The van der Waals surface area contributed by atoms with Gasteiger partial charge in [0.2, 0.25) is 5.91 Å². The number of anilines is 1. The summed E-state index contributed by atoms with van der Waals surface area (Å²) in [6, 6.07) is 26.0. The van der Waals surface area contributed by atoms with Crippen LogP contribution in [-0.4, -0.2) is 33.9 Å². The number of aliphatic carboxylic acids is 1. The molecule has 7 nitrogen and oxygen atoms in total. The second-order valence-electron chi connectivity index (χ2n) is 10.8. The van der Waals surface area contributed by atoms with Gasteiger partial charge in [-0.15, -0.1) is 0 Å². The van der Waals surface area contributed by atoms with Crippen molar-refractivity contribution < 1.29 is 28.6 Å². The molecule has 1 spiro atoms. The lowest BCUT2D eigenvalue weighted by atomic mass is 9.65. The first-order chi connectivity index (χ1) is 20.3. The molecule has 4 aromatic carbocycles. The zero-order valence-electron chi connectivity index (χ0n) is 22.0. The van der Waals surface area contributed by atoms with Crippen LogP contribution in [0.15, 0.2) is 103 Å². The van der Waals surface area contributed by atoms with Gasteiger partial charge in [-0.3, -0.25) is 19.3 Å². The number of carbonyl (C=O) groups excluding carboxylic acids is 2. The third-order valence-electron chi connectivity index (χ3n) is 8.72. The van der Waals surface area contributed by atoms with E-state index in [1.54, 1.807) is 35.2 Å². The predicted molar refractivity (Wildman–Crippen MR) is 152 cm³/mol. The molecule has 2 saturated heterocycles. The number of morpholine rings is 1. The van der Waals surface area contributed by atoms with Crippen molar-refractivity contribution in [1.29, 1.82) is 0 Å². The molecular formula is C33H24ClFN2O5. The molecule has 7 rings (SSSR count). The van der Waals surface area contributed by atoms with Crippen LogP contribution in [0.5, 0.6) is 0 Å². The summed E-state index contributed by atoms with van der Waals surface area (Å²) >= 11 is 6.44. The number of nitrogens with zero attached hydrogens (tertiary/aromatic N) is 1. The molecule has 3 aliphatic rings. The molecule has 1 amide bonds. The summed E-state index contributed by atoms with van der Waals surface area (Å²) in [5.41, 5.74) is 0.936. The van der Waals surface area contributed by atoms with Crippen LogP contribution < -0.4 is 5.32 Å². The number of hydrogen-bond donors (Lipinski definition) is 2. The van der Waals surface area contributed by atoms with Crippen molar-refractivity contribution in [2.75, 3.05) is 5.32 Å². The number of amides is 1. The fourth-order valence-corrected chi connectivity index (χ4v) is 7.36. The highest BCUT2D eigenvalue weighted by atomic mass is 35.5. The average molecular weight is 583 g/mol. The van der Waals surface area contributed by atoms with Crippen LogP contribution in [0.1, 0.15) is 40.4 Å². The molecule has 210 valence electrons. The number of hydrogen-bond acceptors (Lipinski definition) is 5. The maximum Gasteiger partial charge on any atom is 0.325 e. The van der Waals surface area contributed by atoms with Crippen LogP contribution in [0.4, 0.5) is 10.1 Å². The summed E-state index contributed by atoms with van der Waals surface area (Å²) in [5.74, 6) is -4.71. The standard InChI is InChI=1S/C33H24ClFN2O5/c34-21-13-16-24-23(17-21)33(32(41)36-24)25(30(38)39)27-31(40)42-28(19-9-5-2-6-10-19)26(18-7-3-1-4-8-18)37(27)29(33)20-11-14-22(35)15-12-20/h1-17,25-29H,(H,36,41)(H,38,39)/t25-,26-,27-,28+,29+,33-/m0/s1. The molecule has 4 aromatic rings. The van der Waals surface area contributed by atoms with E-state index in [1.807, 2.05) is 60.7 Å². The van der Waals surface area contributed by atoms with Crippen molar-refractivity contribution in [3.63, 3.8) is 0 Å². The lowest BCUT2D eigenvalue weighted by Gasteiger charge is -2.46. The first-order valence-corrected chi connectivity index (χ1v) is 13.9. The number of rotatable bonds is 4. The first kappa shape index (κ1) is 26.4. The number of halogens is 2. The smallest absolute Gasteiger partial charge is 0.325 e.